The zero-order valence-electron chi connectivity index (χ0n) is 20.1. The van der Waals surface area contributed by atoms with Crippen molar-refractivity contribution < 1.29 is 38.4 Å². The van der Waals surface area contributed by atoms with E-state index < -0.39 is 6.09 Å². The molecule has 0 unspecified atom stereocenters. The Morgan fingerprint density at radius 2 is 1.34 bits per heavy atom. The first-order chi connectivity index (χ1) is 16.8. The topological polar surface area (TPSA) is 112 Å². The maximum Gasteiger partial charge on any atom is 0.414 e. The summed E-state index contributed by atoms with van der Waals surface area (Å²) >= 11 is 0. The molecule has 1 amide bonds. The molecule has 0 atom stereocenters. The summed E-state index contributed by atoms with van der Waals surface area (Å²) in [5.74, 6) is 0.794. The highest BCUT2D eigenvalue weighted by Gasteiger charge is 2.12. The third-order valence-electron chi connectivity index (χ3n) is 4.56. The largest absolute Gasteiger partial charge is 0.493 e. The number of hydrogen-bond donors (Lipinski definition) is 1. The fourth-order valence-corrected chi connectivity index (χ4v) is 2.79. The van der Waals surface area contributed by atoms with E-state index >= 15 is 0 Å². The molecule has 9 nitrogen and oxygen atoms in total. The lowest BCUT2D eigenvalue weighted by molar-refractivity contribution is -0.121. The van der Waals surface area contributed by atoms with Gasteiger partial charge in [-0.25, -0.2) is 4.79 Å². The van der Waals surface area contributed by atoms with E-state index in [1.807, 2.05) is 0 Å². The molecule has 0 aromatic heterocycles. The summed E-state index contributed by atoms with van der Waals surface area (Å²) in [6.45, 7) is 0.0212. The van der Waals surface area contributed by atoms with Gasteiger partial charge in [0.05, 0.1) is 27.2 Å². The highest BCUT2D eigenvalue weighted by atomic mass is 16.6. The fraction of sp³-hybridized carbons (Fsp3) is 0.269. The standard InChI is InChI=1S/C26H29NO8/c1-27(2)26(31)35-23-12-8-19(16-25(23)33-4)6-10-21(30)17-20(29)9-5-18-7-11-22(34-14-13-28)24(15-18)32-3/h5-12,15-16,28H,13-14,17H2,1-4H3. The van der Waals surface area contributed by atoms with E-state index in [0.29, 0.717) is 28.4 Å². The molecule has 0 aliphatic rings. The second kappa shape index (κ2) is 13.6. The van der Waals surface area contributed by atoms with Crippen LogP contribution in [0.5, 0.6) is 23.0 Å². The monoisotopic (exact) mass is 483 g/mol. The summed E-state index contributed by atoms with van der Waals surface area (Å²) in [7, 11) is 6.06. The number of ketones is 2. The van der Waals surface area contributed by atoms with E-state index in [1.165, 1.54) is 31.3 Å². The van der Waals surface area contributed by atoms with E-state index in [-0.39, 0.29) is 37.0 Å². The number of amides is 1. The Labute approximate surface area is 204 Å². The maximum atomic E-state index is 12.2. The molecule has 1 N–H and O–H groups in total. The number of aliphatic hydroxyl groups excluding tert-OH is 1. The van der Waals surface area contributed by atoms with Gasteiger partial charge in [0.1, 0.15) is 6.61 Å². The number of rotatable bonds is 12. The van der Waals surface area contributed by atoms with Crippen LogP contribution in [0.1, 0.15) is 17.5 Å². The normalized spacial score (nSPS) is 10.9. The third kappa shape index (κ3) is 8.63. The van der Waals surface area contributed by atoms with Gasteiger partial charge in [0.25, 0.3) is 0 Å². The molecule has 0 heterocycles. The summed E-state index contributed by atoms with van der Waals surface area (Å²) in [6, 6.07) is 9.93. The van der Waals surface area contributed by atoms with Gasteiger partial charge in [-0.05, 0) is 47.5 Å². The number of nitrogens with zero attached hydrogens (tertiary/aromatic N) is 1. The second-order valence-corrected chi connectivity index (χ2v) is 7.43. The number of allylic oxidation sites excluding steroid dienone is 2. The number of aliphatic hydroxyl groups is 1. The molecular weight excluding hydrogens is 454 g/mol. The van der Waals surface area contributed by atoms with Crippen LogP contribution in [0.4, 0.5) is 4.79 Å². The smallest absolute Gasteiger partial charge is 0.414 e. The minimum atomic E-state index is -0.544. The van der Waals surface area contributed by atoms with Crippen LogP contribution in [-0.2, 0) is 9.59 Å². The Kier molecular flexibility index (Phi) is 10.5. The second-order valence-electron chi connectivity index (χ2n) is 7.43. The van der Waals surface area contributed by atoms with Gasteiger partial charge in [0.15, 0.2) is 34.6 Å². The van der Waals surface area contributed by atoms with E-state index in [9.17, 15) is 14.4 Å². The van der Waals surface area contributed by atoms with Crippen LogP contribution in [0, 0.1) is 0 Å². The highest BCUT2D eigenvalue weighted by molar-refractivity contribution is 6.10. The quantitative estimate of drug-likeness (QED) is 0.361. The van der Waals surface area contributed by atoms with E-state index in [2.05, 4.69) is 0 Å². The van der Waals surface area contributed by atoms with Crippen molar-refractivity contribution in [1.82, 2.24) is 4.90 Å². The van der Waals surface area contributed by atoms with Gasteiger partial charge in [-0.3, -0.25) is 9.59 Å². The number of methoxy groups -OCH3 is 2. The zero-order valence-corrected chi connectivity index (χ0v) is 20.1. The van der Waals surface area contributed by atoms with Crippen molar-refractivity contribution in [2.75, 3.05) is 41.5 Å². The van der Waals surface area contributed by atoms with Crippen molar-refractivity contribution >= 4 is 29.8 Å². The molecule has 186 valence electrons. The molecule has 0 fully saturated rings. The van der Waals surface area contributed by atoms with Crippen molar-refractivity contribution in [2.24, 2.45) is 0 Å². The van der Waals surface area contributed by atoms with Crippen LogP contribution in [0.15, 0.2) is 48.6 Å². The third-order valence-corrected chi connectivity index (χ3v) is 4.56. The average Bonchev–Trinajstić information content (AvgIpc) is 2.85. The first-order valence-corrected chi connectivity index (χ1v) is 10.7. The number of hydrogen-bond acceptors (Lipinski definition) is 8. The molecule has 2 aromatic carbocycles. The van der Waals surface area contributed by atoms with Crippen molar-refractivity contribution in [3.8, 4) is 23.0 Å². The molecule has 0 saturated carbocycles. The number of carbonyl (C=O) groups is 3. The molecule has 35 heavy (non-hydrogen) atoms. The van der Waals surface area contributed by atoms with Crippen LogP contribution >= 0.6 is 0 Å². The van der Waals surface area contributed by atoms with Crippen molar-refractivity contribution in [1.29, 1.82) is 0 Å². The summed E-state index contributed by atoms with van der Waals surface area (Å²) in [4.78, 5) is 37.5. The van der Waals surface area contributed by atoms with Crippen LogP contribution in [0.3, 0.4) is 0 Å². The molecule has 2 rings (SSSR count). The van der Waals surface area contributed by atoms with Crippen molar-refractivity contribution in [2.45, 2.75) is 6.42 Å². The van der Waals surface area contributed by atoms with Gasteiger partial charge < -0.3 is 29.0 Å². The molecule has 9 heteroatoms. The van der Waals surface area contributed by atoms with Crippen LogP contribution in [0.25, 0.3) is 12.2 Å². The van der Waals surface area contributed by atoms with Crippen LogP contribution < -0.4 is 18.9 Å². The van der Waals surface area contributed by atoms with E-state index in [0.717, 1.165) is 0 Å². The summed E-state index contributed by atoms with van der Waals surface area (Å²) in [5, 5.41) is 8.88. The molecule has 0 aliphatic heterocycles. The first-order valence-electron chi connectivity index (χ1n) is 10.7. The van der Waals surface area contributed by atoms with Gasteiger partial charge >= 0.3 is 6.09 Å². The molecule has 0 spiro atoms. The summed E-state index contributed by atoms with van der Waals surface area (Å²) < 4.78 is 21.1. The Balaban J connectivity index is 1.98. The predicted octanol–water partition coefficient (Wildman–Crippen LogP) is 3.39. The lowest BCUT2D eigenvalue weighted by Crippen LogP contribution is -2.25. The summed E-state index contributed by atoms with van der Waals surface area (Å²) in [6.07, 6.45) is 4.93. The fourth-order valence-electron chi connectivity index (χ4n) is 2.79. The Hall–Kier alpha value is -4.11. The predicted molar refractivity (Wildman–Crippen MR) is 131 cm³/mol. The lowest BCUT2D eigenvalue weighted by atomic mass is 10.1. The minimum Gasteiger partial charge on any atom is -0.493 e. The molecular formula is C26H29NO8. The SMILES string of the molecule is COc1cc(C=CC(=O)CC(=O)C=Cc2ccc(OC(=O)N(C)C)c(OC)c2)ccc1OCCO. The highest BCUT2D eigenvalue weighted by Crippen LogP contribution is 2.29. The number of benzene rings is 2. The van der Waals surface area contributed by atoms with Crippen molar-refractivity contribution in [3.05, 3.63) is 59.7 Å². The minimum absolute atomic E-state index is 0.118. The van der Waals surface area contributed by atoms with Gasteiger partial charge in [0.2, 0.25) is 0 Å². The van der Waals surface area contributed by atoms with Crippen molar-refractivity contribution in [3.63, 3.8) is 0 Å². The molecule has 2 aromatic rings. The Morgan fingerprint density at radius 1 is 0.829 bits per heavy atom. The zero-order chi connectivity index (χ0) is 25.8. The van der Waals surface area contributed by atoms with Gasteiger partial charge in [-0.1, -0.05) is 24.3 Å². The lowest BCUT2D eigenvalue weighted by Gasteiger charge is -2.13. The maximum absolute atomic E-state index is 12.2. The van der Waals surface area contributed by atoms with Crippen LogP contribution in [-0.4, -0.2) is 69.2 Å². The molecule has 0 aliphatic carbocycles. The summed E-state index contributed by atoms with van der Waals surface area (Å²) in [5.41, 5.74) is 1.33. The average molecular weight is 484 g/mol. The Morgan fingerprint density at radius 3 is 1.83 bits per heavy atom. The van der Waals surface area contributed by atoms with E-state index in [1.54, 1.807) is 62.6 Å². The van der Waals surface area contributed by atoms with Gasteiger partial charge in [-0.2, -0.15) is 0 Å². The van der Waals surface area contributed by atoms with Gasteiger partial charge in [-0.15, -0.1) is 0 Å². The molecule has 0 saturated heterocycles. The van der Waals surface area contributed by atoms with E-state index in [4.69, 9.17) is 24.1 Å². The number of carbonyl (C=O) groups excluding carboxylic acids is 3. The van der Waals surface area contributed by atoms with Crippen LogP contribution in [0.2, 0.25) is 0 Å². The first kappa shape index (κ1) is 27.1. The Bertz CT molecular complexity index is 1100. The van der Waals surface area contributed by atoms with Gasteiger partial charge in [0, 0.05) is 14.1 Å². The molecule has 0 radical (unpaired) electrons. The number of ether oxygens (including phenoxy) is 4. The molecule has 0 bridgehead atoms.